The molecule has 0 amide bonds. The van der Waals surface area contributed by atoms with Crippen LogP contribution in [-0.2, 0) is 0 Å². The average molecular weight is 892 g/mol. The summed E-state index contributed by atoms with van der Waals surface area (Å²) in [5, 5.41) is 0. The van der Waals surface area contributed by atoms with Crippen LogP contribution >= 0.6 is 0 Å². The van der Waals surface area contributed by atoms with Crippen molar-refractivity contribution in [1.82, 2.24) is 0 Å². The van der Waals surface area contributed by atoms with Crippen molar-refractivity contribution in [3.63, 3.8) is 0 Å². The van der Waals surface area contributed by atoms with E-state index in [0.29, 0.717) is 0 Å². The highest BCUT2D eigenvalue weighted by molar-refractivity contribution is 7.66. The van der Waals surface area contributed by atoms with Crippen molar-refractivity contribution in [1.29, 1.82) is 0 Å². The molecule has 0 unspecified atom stereocenters. The van der Waals surface area contributed by atoms with E-state index in [-0.39, 0.29) is 0 Å². The van der Waals surface area contributed by atoms with Gasteiger partial charge in [-0.1, -0.05) is 229 Å². The molecule has 0 spiro atoms. The van der Waals surface area contributed by atoms with Crippen LogP contribution in [0.1, 0.15) is 41.5 Å². The van der Waals surface area contributed by atoms with E-state index >= 15 is 0 Å². The standard InChI is InChI=1S/C38H98Si12/c1-31(2)49(35(41(7,8)9)42(10,11)12,36(43(13,14)15)44(16,17)18)39-33(5)34(6)40(39)50(32(3)4,37(45(19,20)21)46(22,23)24)38(47(25,26)27)48(28,29)30/h31-38H,1-30H3/t33-,34-/m1/s1. The molecule has 0 aromatic carbocycles. The van der Waals surface area contributed by atoms with Crippen LogP contribution < -0.4 is 0 Å². The van der Waals surface area contributed by atoms with Crippen LogP contribution in [0.2, 0.25) is 198 Å². The lowest BCUT2D eigenvalue weighted by atomic mass is 10.4. The molecule has 12 heteroatoms. The first-order chi connectivity index (χ1) is 21.4. The summed E-state index contributed by atoms with van der Waals surface area (Å²) in [7, 11) is -16.7. The second-order valence-corrected chi connectivity index (χ2v) is 103. The summed E-state index contributed by atoms with van der Waals surface area (Å²) in [6.45, 7) is 87.6. The molecule has 2 atom stereocenters. The Morgan fingerprint density at radius 3 is 0.480 bits per heavy atom. The maximum atomic E-state index is 2.95. The summed E-state index contributed by atoms with van der Waals surface area (Å²) < 4.78 is 0. The van der Waals surface area contributed by atoms with E-state index < -0.39 is 94.6 Å². The van der Waals surface area contributed by atoms with Gasteiger partial charge in [0, 0.05) is 64.6 Å². The molecule has 0 aliphatic carbocycles. The van der Waals surface area contributed by atoms with E-state index in [1.54, 1.807) is 0 Å². The summed E-state index contributed by atoms with van der Waals surface area (Å²) >= 11 is 0. The van der Waals surface area contributed by atoms with Gasteiger partial charge >= 0.3 is 0 Å². The molecular weight excluding hydrogens is 793 g/mol. The van der Waals surface area contributed by atoms with Gasteiger partial charge in [0.15, 0.2) is 0 Å². The maximum Gasteiger partial charge on any atom is 0.0578 e. The minimum Gasteiger partial charge on any atom is -0.0698 e. The van der Waals surface area contributed by atoms with Crippen LogP contribution in [0.25, 0.3) is 0 Å². The third-order valence-corrected chi connectivity index (χ3v) is 135. The van der Waals surface area contributed by atoms with Crippen LogP contribution in [0.3, 0.4) is 0 Å². The predicted molar refractivity (Wildman–Crippen MR) is 274 cm³/mol. The maximum absolute atomic E-state index is 2.95. The van der Waals surface area contributed by atoms with E-state index in [1.807, 2.05) is 0 Å². The molecule has 1 aliphatic heterocycles. The molecule has 50 heavy (non-hydrogen) atoms. The largest absolute Gasteiger partial charge is 0.0698 e. The summed E-state index contributed by atoms with van der Waals surface area (Å²) in [6, 6.07) is 0. The van der Waals surface area contributed by atoms with E-state index in [9.17, 15) is 0 Å². The first kappa shape index (κ1) is 50.6. The number of hydrogen-bond acceptors (Lipinski definition) is 0. The lowest BCUT2D eigenvalue weighted by molar-refractivity contribution is 0.827. The summed E-state index contributed by atoms with van der Waals surface area (Å²) in [5.74, 6) is 0. The van der Waals surface area contributed by atoms with Crippen LogP contribution in [0.4, 0.5) is 0 Å². The number of hydrogen-bond donors (Lipinski definition) is 0. The average Bonchev–Trinajstić information content (AvgIpc) is 2.72. The van der Waals surface area contributed by atoms with Crippen molar-refractivity contribution in [2.45, 2.75) is 240 Å². The molecule has 1 aliphatic rings. The lowest BCUT2D eigenvalue weighted by Crippen LogP contribution is -2.84. The van der Waals surface area contributed by atoms with E-state index in [2.05, 4.69) is 199 Å². The van der Waals surface area contributed by atoms with Crippen molar-refractivity contribution >= 4 is 94.6 Å². The molecule has 0 aromatic heterocycles. The summed E-state index contributed by atoms with van der Waals surface area (Å²) in [4.78, 5) is 4.62. The van der Waals surface area contributed by atoms with E-state index in [4.69, 9.17) is 0 Å². The molecule has 0 fully saturated rings. The van der Waals surface area contributed by atoms with Gasteiger partial charge in [0.25, 0.3) is 0 Å². The predicted octanol–water partition coefficient (Wildman–Crippen LogP) is 15.2. The highest BCUT2D eigenvalue weighted by atomic mass is 29.6. The minimum atomic E-state index is -1.85. The van der Waals surface area contributed by atoms with Crippen molar-refractivity contribution < 1.29 is 0 Å². The molecule has 0 saturated heterocycles. The van der Waals surface area contributed by atoms with Gasteiger partial charge in [-0.3, -0.25) is 0 Å². The van der Waals surface area contributed by atoms with E-state index in [1.165, 1.54) is 0 Å². The molecule has 298 valence electrons. The van der Waals surface area contributed by atoms with Gasteiger partial charge in [-0.2, -0.15) is 0 Å². The van der Waals surface area contributed by atoms with Gasteiger partial charge in [-0.05, 0) is 25.9 Å². The fourth-order valence-corrected chi connectivity index (χ4v) is 239. The molecular formula is C38H98Si12. The van der Waals surface area contributed by atoms with Crippen molar-refractivity contribution in [3.05, 3.63) is 0 Å². The molecule has 1 heterocycles. The molecule has 0 aromatic rings. The zero-order valence-electron chi connectivity index (χ0n) is 40.6. The quantitative estimate of drug-likeness (QED) is 0.135. The highest BCUT2D eigenvalue weighted by Crippen LogP contribution is 2.65. The molecule has 1 rings (SSSR count). The summed E-state index contributed by atoms with van der Waals surface area (Å²) in [5.41, 5.74) is 4.00. The Kier molecular flexibility index (Phi) is 15.6. The first-order valence-corrected chi connectivity index (χ1v) is 60.4. The fourth-order valence-electron chi connectivity index (χ4n) is 16.0. The first-order valence-electron chi connectivity index (χ1n) is 21.2. The summed E-state index contributed by atoms with van der Waals surface area (Å²) in [6.07, 6.45) is 0. The Hall–Kier alpha value is 2.60. The van der Waals surface area contributed by atoms with Gasteiger partial charge in [0.2, 0.25) is 0 Å². The zero-order valence-corrected chi connectivity index (χ0v) is 52.6. The van der Waals surface area contributed by atoms with Crippen LogP contribution in [0.5, 0.6) is 0 Å². The Labute approximate surface area is 332 Å². The topological polar surface area (TPSA) is 0 Å². The van der Waals surface area contributed by atoms with Gasteiger partial charge in [0.05, 0.1) is 15.2 Å². The highest BCUT2D eigenvalue weighted by Gasteiger charge is 2.72. The van der Waals surface area contributed by atoms with Crippen molar-refractivity contribution in [3.8, 4) is 0 Å². The Morgan fingerprint density at radius 2 is 0.400 bits per heavy atom. The zero-order chi connectivity index (χ0) is 40.8. The molecule has 0 bridgehead atoms. The van der Waals surface area contributed by atoms with Gasteiger partial charge < -0.3 is 0 Å². The normalized spacial score (nSPS) is 20.4. The monoisotopic (exact) mass is 890 g/mol. The Morgan fingerprint density at radius 1 is 0.280 bits per heavy atom. The van der Waals surface area contributed by atoms with Gasteiger partial charge in [-0.15, -0.1) is 0 Å². The fraction of sp³-hybridized carbons (Fsp3) is 1.00. The van der Waals surface area contributed by atoms with Crippen LogP contribution in [-0.4, -0.2) is 94.6 Å². The van der Waals surface area contributed by atoms with Crippen LogP contribution in [0, 0.1) is 0 Å². The van der Waals surface area contributed by atoms with E-state index in [0.717, 1.165) is 41.3 Å². The SMILES string of the molecule is CC(C)[Si](C([Si](C)(C)C)[Si](C)(C)C)(C([Si](C)(C)C)[Si](C)(C)C)[Si]1=[Si]([Si](C(C)C)(C([Si](C)(C)C)[Si](C)(C)C)C([Si](C)(C)C)[Si](C)(C)C)[C@H](C)[C@H]1C. The van der Waals surface area contributed by atoms with Gasteiger partial charge in [0.1, 0.15) is 0 Å². The second-order valence-electron chi connectivity index (χ2n) is 27.2. The number of rotatable bonds is 16. The smallest absolute Gasteiger partial charge is 0.0578 e. The van der Waals surface area contributed by atoms with Gasteiger partial charge in [-0.25, -0.2) is 0 Å². The molecule has 0 saturated carbocycles. The Bertz CT molecular complexity index is 982. The third-order valence-electron chi connectivity index (χ3n) is 13.6. The van der Waals surface area contributed by atoms with Crippen molar-refractivity contribution in [2.75, 3.05) is 0 Å². The second kappa shape index (κ2) is 15.4. The molecule has 0 nitrogen and oxygen atoms in total. The van der Waals surface area contributed by atoms with Crippen LogP contribution in [0.15, 0.2) is 0 Å². The lowest BCUT2D eigenvalue weighted by Gasteiger charge is -2.71. The Balaban J connectivity index is 5.42. The molecule has 0 radical (unpaired) electrons. The van der Waals surface area contributed by atoms with Crippen molar-refractivity contribution in [2.24, 2.45) is 0 Å². The molecule has 0 N–H and O–H groups in total. The third kappa shape index (κ3) is 9.48. The minimum absolute atomic E-state index is 0.535.